The highest BCUT2D eigenvalue weighted by atomic mass is 32.1. The molecular weight excluding hydrogens is 370 g/mol. The molecule has 1 aliphatic heterocycles. The van der Waals surface area contributed by atoms with Crippen LogP contribution in [0.5, 0.6) is 0 Å². The SMILES string of the molecule is C/C(=N/Nc1nc(Nc2ccccc2)nc(N2CCCCC2)n1)c1cccs1. The minimum Gasteiger partial charge on any atom is -0.341 e. The highest BCUT2D eigenvalue weighted by Gasteiger charge is 2.16. The number of hydrazone groups is 1. The lowest BCUT2D eigenvalue weighted by Gasteiger charge is -2.26. The van der Waals surface area contributed by atoms with Gasteiger partial charge in [-0.1, -0.05) is 24.3 Å². The van der Waals surface area contributed by atoms with Crippen LogP contribution in [0.2, 0.25) is 0 Å². The summed E-state index contributed by atoms with van der Waals surface area (Å²) in [6.07, 6.45) is 3.57. The molecule has 3 aromatic rings. The fraction of sp³-hybridized carbons (Fsp3) is 0.300. The lowest BCUT2D eigenvalue weighted by Crippen LogP contribution is -2.31. The van der Waals surface area contributed by atoms with E-state index >= 15 is 0 Å². The summed E-state index contributed by atoms with van der Waals surface area (Å²) < 4.78 is 0. The second kappa shape index (κ2) is 8.79. The van der Waals surface area contributed by atoms with Gasteiger partial charge in [-0.05, 0) is 49.8 Å². The van der Waals surface area contributed by atoms with Gasteiger partial charge in [-0.15, -0.1) is 11.3 Å². The van der Waals surface area contributed by atoms with Gasteiger partial charge in [0.1, 0.15) is 0 Å². The normalized spacial score (nSPS) is 14.8. The van der Waals surface area contributed by atoms with E-state index in [-0.39, 0.29) is 0 Å². The van der Waals surface area contributed by atoms with E-state index in [0.717, 1.165) is 42.2 Å². The molecule has 1 fully saturated rings. The van der Waals surface area contributed by atoms with Crippen LogP contribution in [-0.2, 0) is 0 Å². The van der Waals surface area contributed by atoms with E-state index in [1.54, 1.807) is 11.3 Å². The van der Waals surface area contributed by atoms with Crippen LogP contribution in [0.3, 0.4) is 0 Å². The van der Waals surface area contributed by atoms with Crippen molar-refractivity contribution in [2.45, 2.75) is 26.2 Å². The first-order chi connectivity index (χ1) is 13.8. The number of anilines is 4. The van der Waals surface area contributed by atoms with E-state index in [1.165, 1.54) is 6.42 Å². The Bertz CT molecular complexity index is 919. The van der Waals surface area contributed by atoms with Crippen LogP contribution in [0, 0.1) is 0 Å². The van der Waals surface area contributed by atoms with E-state index in [1.807, 2.05) is 54.8 Å². The quantitative estimate of drug-likeness (QED) is 0.474. The molecule has 0 aliphatic carbocycles. The minimum atomic E-state index is 0.435. The molecule has 1 saturated heterocycles. The Morgan fingerprint density at radius 3 is 2.50 bits per heavy atom. The molecule has 0 saturated carbocycles. The zero-order valence-electron chi connectivity index (χ0n) is 15.8. The van der Waals surface area contributed by atoms with Gasteiger partial charge < -0.3 is 10.2 Å². The Hall–Kier alpha value is -3.00. The lowest BCUT2D eigenvalue weighted by atomic mass is 10.1. The number of benzene rings is 1. The maximum Gasteiger partial charge on any atom is 0.250 e. The van der Waals surface area contributed by atoms with Gasteiger partial charge in [0.15, 0.2) is 0 Å². The largest absolute Gasteiger partial charge is 0.341 e. The number of rotatable bonds is 6. The number of hydrogen-bond donors (Lipinski definition) is 2. The van der Waals surface area contributed by atoms with Crippen LogP contribution in [0.1, 0.15) is 31.1 Å². The van der Waals surface area contributed by atoms with Crippen LogP contribution in [-0.4, -0.2) is 33.8 Å². The van der Waals surface area contributed by atoms with Crippen molar-refractivity contribution in [2.75, 3.05) is 28.7 Å². The van der Waals surface area contributed by atoms with Gasteiger partial charge in [0.05, 0.1) is 5.71 Å². The third-order valence-corrected chi connectivity index (χ3v) is 5.47. The average molecular weight is 394 g/mol. The van der Waals surface area contributed by atoms with Crippen molar-refractivity contribution in [1.29, 1.82) is 0 Å². The third kappa shape index (κ3) is 4.64. The monoisotopic (exact) mass is 393 g/mol. The molecule has 0 amide bonds. The fourth-order valence-electron chi connectivity index (χ4n) is 3.03. The van der Waals surface area contributed by atoms with Gasteiger partial charge in [-0.2, -0.15) is 20.1 Å². The minimum absolute atomic E-state index is 0.435. The molecule has 1 aliphatic rings. The number of aromatic nitrogens is 3. The van der Waals surface area contributed by atoms with Crippen molar-refractivity contribution in [3.05, 3.63) is 52.7 Å². The van der Waals surface area contributed by atoms with Gasteiger partial charge in [-0.25, -0.2) is 5.43 Å². The number of thiophene rings is 1. The summed E-state index contributed by atoms with van der Waals surface area (Å²) in [5, 5.41) is 9.75. The predicted octanol–water partition coefficient (Wildman–Crippen LogP) is 4.50. The second-order valence-electron chi connectivity index (χ2n) is 6.61. The molecule has 4 rings (SSSR count). The molecule has 3 heterocycles. The first-order valence-corrected chi connectivity index (χ1v) is 10.3. The Morgan fingerprint density at radius 1 is 0.964 bits per heavy atom. The maximum atomic E-state index is 4.64. The number of piperidine rings is 1. The Labute approximate surface area is 168 Å². The fourth-order valence-corrected chi connectivity index (χ4v) is 3.71. The molecule has 0 atom stereocenters. The zero-order valence-corrected chi connectivity index (χ0v) is 16.6. The van der Waals surface area contributed by atoms with Gasteiger partial charge >= 0.3 is 0 Å². The van der Waals surface area contributed by atoms with Gasteiger partial charge in [0, 0.05) is 23.7 Å². The standard InChI is InChI=1S/C20H23N7S/c1-15(17-11-8-14-28-17)25-26-19-22-18(21-16-9-4-2-5-10-16)23-20(24-19)27-12-6-3-7-13-27/h2,4-5,8-11,14H,3,6-7,12-13H2,1H3,(H2,21,22,23,24,26)/b25-15-. The van der Waals surface area contributed by atoms with Crippen molar-refractivity contribution >= 4 is 40.6 Å². The van der Waals surface area contributed by atoms with Crippen molar-refractivity contribution in [3.8, 4) is 0 Å². The van der Waals surface area contributed by atoms with E-state index in [0.29, 0.717) is 17.8 Å². The summed E-state index contributed by atoms with van der Waals surface area (Å²) in [5.41, 5.74) is 4.83. The van der Waals surface area contributed by atoms with Crippen molar-refractivity contribution in [1.82, 2.24) is 15.0 Å². The predicted molar refractivity (Wildman–Crippen MR) is 116 cm³/mol. The first-order valence-electron chi connectivity index (χ1n) is 9.45. The summed E-state index contributed by atoms with van der Waals surface area (Å²) in [5.74, 6) is 1.62. The molecule has 0 spiro atoms. The van der Waals surface area contributed by atoms with Crippen LogP contribution in [0.25, 0.3) is 0 Å². The molecule has 0 unspecified atom stereocenters. The molecule has 144 valence electrons. The van der Waals surface area contributed by atoms with Crippen LogP contribution in [0.4, 0.5) is 23.5 Å². The molecule has 1 aromatic carbocycles. The molecule has 28 heavy (non-hydrogen) atoms. The topological polar surface area (TPSA) is 78.3 Å². The number of para-hydroxylation sites is 1. The summed E-state index contributed by atoms with van der Waals surface area (Å²) in [6, 6.07) is 13.9. The molecule has 2 aromatic heterocycles. The van der Waals surface area contributed by atoms with Crippen molar-refractivity contribution in [2.24, 2.45) is 5.10 Å². The van der Waals surface area contributed by atoms with E-state index in [2.05, 4.69) is 35.7 Å². The second-order valence-corrected chi connectivity index (χ2v) is 7.56. The van der Waals surface area contributed by atoms with Gasteiger partial charge in [0.25, 0.3) is 0 Å². The third-order valence-electron chi connectivity index (χ3n) is 4.49. The molecule has 8 heteroatoms. The number of nitrogens with one attached hydrogen (secondary N) is 2. The smallest absolute Gasteiger partial charge is 0.250 e. The van der Waals surface area contributed by atoms with Crippen molar-refractivity contribution < 1.29 is 0 Å². The molecule has 0 bridgehead atoms. The molecule has 7 nitrogen and oxygen atoms in total. The first kappa shape index (κ1) is 18.4. The maximum absolute atomic E-state index is 4.64. The van der Waals surface area contributed by atoms with Crippen molar-refractivity contribution in [3.63, 3.8) is 0 Å². The molecule has 0 radical (unpaired) electrons. The van der Waals surface area contributed by atoms with Crippen LogP contribution < -0.4 is 15.6 Å². The summed E-state index contributed by atoms with van der Waals surface area (Å²) in [7, 11) is 0. The van der Waals surface area contributed by atoms with E-state index in [4.69, 9.17) is 0 Å². The number of hydrogen-bond acceptors (Lipinski definition) is 8. The Balaban J connectivity index is 1.60. The van der Waals surface area contributed by atoms with E-state index < -0.39 is 0 Å². The highest BCUT2D eigenvalue weighted by Crippen LogP contribution is 2.21. The highest BCUT2D eigenvalue weighted by molar-refractivity contribution is 7.12. The summed E-state index contributed by atoms with van der Waals surface area (Å²) in [4.78, 5) is 17.1. The van der Waals surface area contributed by atoms with Crippen LogP contribution >= 0.6 is 11.3 Å². The van der Waals surface area contributed by atoms with Gasteiger partial charge in [0.2, 0.25) is 17.8 Å². The summed E-state index contributed by atoms with van der Waals surface area (Å²) in [6.45, 7) is 3.89. The molecular formula is C20H23N7S. The Morgan fingerprint density at radius 2 is 1.75 bits per heavy atom. The van der Waals surface area contributed by atoms with Crippen LogP contribution in [0.15, 0.2) is 52.9 Å². The van der Waals surface area contributed by atoms with E-state index in [9.17, 15) is 0 Å². The van der Waals surface area contributed by atoms with Gasteiger partial charge in [-0.3, -0.25) is 0 Å². The zero-order chi connectivity index (χ0) is 19.2. The molecule has 2 N–H and O–H groups in total. The number of nitrogens with zero attached hydrogens (tertiary/aromatic N) is 5. The lowest BCUT2D eigenvalue weighted by molar-refractivity contribution is 0.568. The summed E-state index contributed by atoms with van der Waals surface area (Å²) >= 11 is 1.65. The Kier molecular flexibility index (Phi) is 5.77. The average Bonchev–Trinajstić information content (AvgIpc) is 3.28.